The maximum absolute atomic E-state index is 11.9. The van der Waals surface area contributed by atoms with Crippen molar-refractivity contribution in [2.24, 2.45) is 5.73 Å². The molecule has 1 amide bonds. The summed E-state index contributed by atoms with van der Waals surface area (Å²) in [5.41, 5.74) is 11.6. The van der Waals surface area contributed by atoms with Gasteiger partial charge < -0.3 is 11.5 Å². The Labute approximate surface area is 100 Å². The predicted octanol–water partition coefficient (Wildman–Crippen LogP) is -0.271. The molecule has 0 aliphatic heterocycles. The number of primary amides is 1. The lowest BCUT2D eigenvalue weighted by atomic mass is 10.2. The number of nitrogens with one attached hydrogen (secondary N) is 1. The Morgan fingerprint density at radius 3 is 2.47 bits per heavy atom. The molecular weight excluding hydrogens is 242 g/mol. The first kappa shape index (κ1) is 13.5. The summed E-state index contributed by atoms with van der Waals surface area (Å²) < 4.78 is 25.9. The Morgan fingerprint density at radius 1 is 1.41 bits per heavy atom. The van der Waals surface area contributed by atoms with Gasteiger partial charge in [0.25, 0.3) is 0 Å². The fraction of sp³-hybridized carbons (Fsp3) is 0.300. The summed E-state index contributed by atoms with van der Waals surface area (Å²) >= 11 is 0. The van der Waals surface area contributed by atoms with Gasteiger partial charge in [-0.25, -0.2) is 8.42 Å². The third kappa shape index (κ3) is 3.18. The molecule has 1 rings (SSSR count). The highest BCUT2D eigenvalue weighted by Gasteiger charge is 2.22. The Morgan fingerprint density at radius 2 is 2.00 bits per heavy atom. The fourth-order valence-electron chi connectivity index (χ4n) is 1.27. The number of nitrogen functional groups attached to an aromatic ring is 1. The van der Waals surface area contributed by atoms with Gasteiger partial charge in [-0.3, -0.25) is 4.79 Å². The minimum Gasteiger partial charge on any atom is -0.398 e. The van der Waals surface area contributed by atoms with E-state index in [2.05, 4.69) is 4.72 Å². The summed E-state index contributed by atoms with van der Waals surface area (Å²) in [7, 11) is -3.83. The topological polar surface area (TPSA) is 115 Å². The normalized spacial score (nSPS) is 13.3. The van der Waals surface area contributed by atoms with Crippen LogP contribution in [0.5, 0.6) is 0 Å². The summed E-state index contributed by atoms with van der Waals surface area (Å²) in [5, 5.41) is 0. The van der Waals surface area contributed by atoms with E-state index in [4.69, 9.17) is 11.5 Å². The second-order valence-corrected chi connectivity index (χ2v) is 5.47. The van der Waals surface area contributed by atoms with E-state index in [9.17, 15) is 13.2 Å². The predicted molar refractivity (Wildman–Crippen MR) is 64.6 cm³/mol. The molecule has 1 unspecified atom stereocenters. The molecule has 0 fully saturated rings. The molecule has 0 saturated heterocycles. The van der Waals surface area contributed by atoms with Crippen LogP contribution >= 0.6 is 0 Å². The van der Waals surface area contributed by atoms with Crippen molar-refractivity contribution in [1.82, 2.24) is 4.72 Å². The van der Waals surface area contributed by atoms with Crippen LogP contribution in [0.2, 0.25) is 0 Å². The first-order valence-electron chi connectivity index (χ1n) is 4.92. The molecule has 17 heavy (non-hydrogen) atoms. The molecule has 7 heteroatoms. The van der Waals surface area contributed by atoms with E-state index < -0.39 is 22.0 Å². The van der Waals surface area contributed by atoms with Gasteiger partial charge in [0.15, 0.2) is 0 Å². The second kappa shape index (κ2) is 4.72. The number of carbonyl (C=O) groups excluding carboxylic acids is 1. The molecule has 0 radical (unpaired) electrons. The SMILES string of the molecule is Cc1ccc(S(=O)(=O)NC(C)C(N)=O)c(N)c1. The molecule has 5 N–H and O–H groups in total. The highest BCUT2D eigenvalue weighted by Crippen LogP contribution is 2.19. The van der Waals surface area contributed by atoms with Gasteiger partial charge >= 0.3 is 0 Å². The van der Waals surface area contributed by atoms with Crippen molar-refractivity contribution < 1.29 is 13.2 Å². The van der Waals surface area contributed by atoms with Gasteiger partial charge in [0.2, 0.25) is 15.9 Å². The van der Waals surface area contributed by atoms with Crippen molar-refractivity contribution in [2.45, 2.75) is 24.8 Å². The van der Waals surface area contributed by atoms with Gasteiger partial charge in [0, 0.05) is 0 Å². The van der Waals surface area contributed by atoms with Crippen LogP contribution in [0.1, 0.15) is 12.5 Å². The number of nitrogens with two attached hydrogens (primary N) is 2. The van der Waals surface area contributed by atoms with E-state index in [0.29, 0.717) is 0 Å². The van der Waals surface area contributed by atoms with Gasteiger partial charge in [0.05, 0.1) is 11.7 Å². The summed E-state index contributed by atoms with van der Waals surface area (Å²) in [6.07, 6.45) is 0. The van der Waals surface area contributed by atoms with Gasteiger partial charge in [-0.2, -0.15) is 4.72 Å². The Balaban J connectivity index is 3.10. The number of amides is 1. The van der Waals surface area contributed by atoms with Crippen molar-refractivity contribution >= 4 is 21.6 Å². The molecule has 0 aromatic heterocycles. The van der Waals surface area contributed by atoms with Crippen LogP contribution in [0.3, 0.4) is 0 Å². The third-order valence-electron chi connectivity index (χ3n) is 2.21. The van der Waals surface area contributed by atoms with E-state index >= 15 is 0 Å². The largest absolute Gasteiger partial charge is 0.398 e. The molecule has 0 saturated carbocycles. The Kier molecular flexibility index (Phi) is 3.74. The molecule has 1 atom stereocenters. The Hall–Kier alpha value is -1.60. The van der Waals surface area contributed by atoms with E-state index in [1.165, 1.54) is 13.0 Å². The zero-order chi connectivity index (χ0) is 13.2. The third-order valence-corrected chi connectivity index (χ3v) is 3.83. The highest BCUT2D eigenvalue weighted by molar-refractivity contribution is 7.89. The minimum absolute atomic E-state index is 0.0591. The molecule has 1 aromatic rings. The summed E-state index contributed by atoms with van der Waals surface area (Å²) in [6, 6.07) is 3.57. The number of carbonyl (C=O) groups is 1. The molecule has 0 spiro atoms. The quantitative estimate of drug-likeness (QED) is 0.644. The van der Waals surface area contributed by atoms with Crippen LogP contribution in [0.25, 0.3) is 0 Å². The van der Waals surface area contributed by atoms with Crippen molar-refractivity contribution in [3.05, 3.63) is 23.8 Å². The number of rotatable bonds is 4. The number of aryl methyl sites for hydroxylation is 1. The van der Waals surface area contributed by atoms with Gasteiger partial charge in [-0.1, -0.05) is 6.07 Å². The van der Waals surface area contributed by atoms with E-state index in [1.54, 1.807) is 19.1 Å². The fourth-order valence-corrected chi connectivity index (χ4v) is 2.59. The molecule has 0 heterocycles. The molecule has 0 aliphatic carbocycles. The molecule has 94 valence electrons. The van der Waals surface area contributed by atoms with Crippen LogP contribution in [-0.2, 0) is 14.8 Å². The number of hydrogen-bond donors (Lipinski definition) is 3. The van der Waals surface area contributed by atoms with Crippen molar-refractivity contribution in [1.29, 1.82) is 0 Å². The Bertz CT molecular complexity index is 540. The second-order valence-electron chi connectivity index (χ2n) is 3.79. The molecular formula is C10H15N3O3S. The highest BCUT2D eigenvalue weighted by atomic mass is 32.2. The number of anilines is 1. The van der Waals surface area contributed by atoms with Crippen LogP contribution < -0.4 is 16.2 Å². The average molecular weight is 257 g/mol. The van der Waals surface area contributed by atoms with Gasteiger partial charge in [-0.05, 0) is 31.5 Å². The van der Waals surface area contributed by atoms with Crippen LogP contribution in [0.4, 0.5) is 5.69 Å². The maximum Gasteiger partial charge on any atom is 0.243 e. The number of benzene rings is 1. The zero-order valence-electron chi connectivity index (χ0n) is 9.60. The summed E-state index contributed by atoms with van der Waals surface area (Å²) in [6.45, 7) is 3.16. The lowest BCUT2D eigenvalue weighted by Gasteiger charge is -2.12. The minimum atomic E-state index is -3.83. The van der Waals surface area contributed by atoms with E-state index in [-0.39, 0.29) is 10.6 Å². The van der Waals surface area contributed by atoms with E-state index in [0.717, 1.165) is 5.56 Å². The number of sulfonamides is 1. The van der Waals surface area contributed by atoms with Crippen LogP contribution in [0.15, 0.2) is 23.1 Å². The molecule has 0 bridgehead atoms. The monoisotopic (exact) mass is 257 g/mol. The van der Waals surface area contributed by atoms with Crippen LogP contribution in [-0.4, -0.2) is 20.4 Å². The molecule has 1 aromatic carbocycles. The standard InChI is InChI=1S/C10H15N3O3S/c1-6-3-4-9(8(11)5-6)17(15,16)13-7(2)10(12)14/h3-5,7,13H,11H2,1-2H3,(H2,12,14). The summed E-state index contributed by atoms with van der Waals surface area (Å²) in [5.74, 6) is -0.751. The molecule has 6 nitrogen and oxygen atoms in total. The zero-order valence-corrected chi connectivity index (χ0v) is 10.4. The van der Waals surface area contributed by atoms with Gasteiger partial charge in [0.1, 0.15) is 4.90 Å². The first-order valence-corrected chi connectivity index (χ1v) is 6.40. The maximum atomic E-state index is 11.9. The lowest BCUT2D eigenvalue weighted by molar-refractivity contribution is -0.119. The van der Waals surface area contributed by atoms with E-state index in [1.807, 2.05) is 0 Å². The lowest BCUT2D eigenvalue weighted by Crippen LogP contribution is -2.42. The van der Waals surface area contributed by atoms with Crippen molar-refractivity contribution in [2.75, 3.05) is 5.73 Å². The smallest absolute Gasteiger partial charge is 0.243 e. The van der Waals surface area contributed by atoms with Crippen molar-refractivity contribution in [3.8, 4) is 0 Å². The number of hydrogen-bond acceptors (Lipinski definition) is 4. The first-order chi connectivity index (χ1) is 7.74. The van der Waals surface area contributed by atoms with Crippen molar-refractivity contribution in [3.63, 3.8) is 0 Å². The summed E-state index contributed by atoms with van der Waals surface area (Å²) in [4.78, 5) is 10.8. The van der Waals surface area contributed by atoms with Gasteiger partial charge in [-0.15, -0.1) is 0 Å². The van der Waals surface area contributed by atoms with Crippen LogP contribution in [0, 0.1) is 6.92 Å². The average Bonchev–Trinajstić information content (AvgIpc) is 2.15. The molecule has 0 aliphatic rings.